The van der Waals surface area contributed by atoms with Crippen LogP contribution in [0.15, 0.2) is 18.3 Å². The van der Waals surface area contributed by atoms with Crippen molar-refractivity contribution in [2.24, 2.45) is 0 Å². The highest BCUT2D eigenvalue weighted by Gasteiger charge is 2.41. The molecule has 0 bridgehead atoms. The number of halogens is 4. The molecule has 1 aliphatic heterocycles. The molecular weight excluding hydrogens is 400 g/mol. The second-order valence-electron chi connectivity index (χ2n) is 6.96. The summed E-state index contributed by atoms with van der Waals surface area (Å²) in [6.07, 6.45) is -1.53. The van der Waals surface area contributed by atoms with Crippen LogP contribution < -0.4 is 0 Å². The fourth-order valence-corrected chi connectivity index (χ4v) is 3.73. The molecule has 12 heteroatoms. The standard InChI is InChI=1S/C17H16F4N4O4/c18-11-1-2-13(17(19,20)21)22-14(11)15-12(25(26)27)9-24(23-15)10-3-5-16(6-4-10)28-7-8-29-16/h1-2,9-10H,3-8H2. The van der Waals surface area contributed by atoms with Crippen LogP contribution in [-0.2, 0) is 15.7 Å². The highest BCUT2D eigenvalue weighted by molar-refractivity contribution is 5.66. The molecular formula is C17H16F4N4O4. The lowest BCUT2D eigenvalue weighted by Gasteiger charge is -2.35. The van der Waals surface area contributed by atoms with Gasteiger partial charge in [0.2, 0.25) is 0 Å². The molecule has 8 nitrogen and oxygen atoms in total. The second-order valence-corrected chi connectivity index (χ2v) is 6.96. The summed E-state index contributed by atoms with van der Waals surface area (Å²) in [7, 11) is 0. The Morgan fingerprint density at radius 3 is 2.41 bits per heavy atom. The van der Waals surface area contributed by atoms with E-state index in [2.05, 4.69) is 10.1 Å². The van der Waals surface area contributed by atoms with E-state index in [0.29, 0.717) is 51.0 Å². The van der Waals surface area contributed by atoms with Crippen molar-refractivity contribution in [1.82, 2.24) is 14.8 Å². The third-order valence-electron chi connectivity index (χ3n) is 5.17. The first-order valence-electron chi connectivity index (χ1n) is 8.94. The molecule has 4 rings (SSSR count). The van der Waals surface area contributed by atoms with Crippen LogP contribution in [0.5, 0.6) is 0 Å². The van der Waals surface area contributed by atoms with Crippen molar-refractivity contribution in [2.75, 3.05) is 13.2 Å². The third kappa shape index (κ3) is 3.69. The maximum atomic E-state index is 14.2. The van der Waals surface area contributed by atoms with Gasteiger partial charge in [-0.05, 0) is 25.0 Å². The molecule has 0 radical (unpaired) electrons. The summed E-state index contributed by atoms with van der Waals surface area (Å²) in [5, 5.41) is 15.5. The van der Waals surface area contributed by atoms with E-state index in [4.69, 9.17) is 9.47 Å². The van der Waals surface area contributed by atoms with Gasteiger partial charge in [-0.2, -0.15) is 18.3 Å². The van der Waals surface area contributed by atoms with Gasteiger partial charge in [0, 0.05) is 12.8 Å². The van der Waals surface area contributed by atoms with Crippen molar-refractivity contribution >= 4 is 5.69 Å². The number of nitrogens with zero attached hydrogens (tertiary/aromatic N) is 4. The number of alkyl halides is 3. The number of rotatable bonds is 3. The minimum atomic E-state index is -4.82. The smallest absolute Gasteiger partial charge is 0.348 e. The van der Waals surface area contributed by atoms with Crippen LogP contribution in [-0.4, -0.2) is 38.7 Å². The van der Waals surface area contributed by atoms with Gasteiger partial charge in [-0.15, -0.1) is 0 Å². The Hall–Kier alpha value is -2.60. The van der Waals surface area contributed by atoms with Gasteiger partial charge in [-0.3, -0.25) is 14.8 Å². The van der Waals surface area contributed by atoms with Gasteiger partial charge in [0.05, 0.1) is 24.2 Å². The summed E-state index contributed by atoms with van der Waals surface area (Å²) >= 11 is 0. The summed E-state index contributed by atoms with van der Waals surface area (Å²) < 4.78 is 65.6. The Bertz CT molecular complexity index is 930. The molecule has 0 aromatic carbocycles. The largest absolute Gasteiger partial charge is 0.433 e. The lowest BCUT2D eigenvalue weighted by molar-refractivity contribution is -0.384. The monoisotopic (exact) mass is 416 g/mol. The molecule has 1 aliphatic carbocycles. The zero-order valence-corrected chi connectivity index (χ0v) is 15.0. The molecule has 2 fully saturated rings. The molecule has 1 saturated carbocycles. The number of aromatic nitrogens is 3. The SMILES string of the molecule is O=[N+]([O-])c1cn(C2CCC3(CC2)OCCO3)nc1-c1nc(C(F)(F)F)ccc1F. The Morgan fingerprint density at radius 1 is 1.17 bits per heavy atom. The van der Waals surface area contributed by atoms with E-state index in [0.717, 1.165) is 6.20 Å². The highest BCUT2D eigenvalue weighted by Crippen LogP contribution is 2.41. The fraction of sp³-hybridized carbons (Fsp3) is 0.529. The molecule has 0 amide bonds. The Balaban J connectivity index is 1.67. The zero-order chi connectivity index (χ0) is 20.8. The lowest BCUT2D eigenvalue weighted by Crippen LogP contribution is -2.35. The van der Waals surface area contributed by atoms with Crippen molar-refractivity contribution in [2.45, 2.75) is 43.7 Å². The van der Waals surface area contributed by atoms with Crippen LogP contribution in [0.3, 0.4) is 0 Å². The van der Waals surface area contributed by atoms with Crippen LogP contribution in [0, 0.1) is 15.9 Å². The van der Waals surface area contributed by atoms with E-state index in [-0.39, 0.29) is 6.04 Å². The molecule has 2 aromatic rings. The van der Waals surface area contributed by atoms with Crippen LogP contribution in [0.2, 0.25) is 0 Å². The topological polar surface area (TPSA) is 92.3 Å². The van der Waals surface area contributed by atoms with Crippen molar-refractivity contribution in [3.63, 3.8) is 0 Å². The average molecular weight is 416 g/mol. The Morgan fingerprint density at radius 2 is 1.83 bits per heavy atom. The lowest BCUT2D eigenvalue weighted by atomic mass is 9.90. The van der Waals surface area contributed by atoms with Gasteiger partial charge in [0.25, 0.3) is 0 Å². The van der Waals surface area contributed by atoms with Crippen molar-refractivity contribution < 1.29 is 32.0 Å². The first-order chi connectivity index (χ1) is 13.7. The summed E-state index contributed by atoms with van der Waals surface area (Å²) in [6, 6.07) is 0.798. The van der Waals surface area contributed by atoms with Gasteiger partial charge < -0.3 is 9.47 Å². The quantitative estimate of drug-likeness (QED) is 0.429. The van der Waals surface area contributed by atoms with Gasteiger partial charge in [0.15, 0.2) is 17.3 Å². The fourth-order valence-electron chi connectivity index (χ4n) is 3.73. The number of pyridine rings is 1. The maximum Gasteiger partial charge on any atom is 0.433 e. The highest BCUT2D eigenvalue weighted by atomic mass is 19.4. The van der Waals surface area contributed by atoms with Crippen LogP contribution in [0.25, 0.3) is 11.4 Å². The normalized spacial score (nSPS) is 19.7. The van der Waals surface area contributed by atoms with E-state index >= 15 is 0 Å². The van der Waals surface area contributed by atoms with Gasteiger partial charge >= 0.3 is 11.9 Å². The Kier molecular flexibility index (Phi) is 4.77. The van der Waals surface area contributed by atoms with Gasteiger partial charge in [-0.25, -0.2) is 9.37 Å². The first kappa shape index (κ1) is 19.7. The number of ether oxygens (including phenoxy) is 2. The molecule has 2 aliphatic rings. The molecule has 3 heterocycles. The number of hydrogen-bond donors (Lipinski definition) is 0. The summed E-state index contributed by atoms with van der Waals surface area (Å²) in [4.78, 5) is 13.9. The van der Waals surface area contributed by atoms with Crippen LogP contribution in [0.1, 0.15) is 37.4 Å². The molecule has 156 valence electrons. The van der Waals surface area contributed by atoms with E-state index in [1.807, 2.05) is 0 Å². The molecule has 1 spiro atoms. The van der Waals surface area contributed by atoms with E-state index in [9.17, 15) is 27.7 Å². The van der Waals surface area contributed by atoms with Crippen LogP contribution in [0.4, 0.5) is 23.2 Å². The summed E-state index contributed by atoms with van der Waals surface area (Å²) in [5.74, 6) is -1.77. The van der Waals surface area contributed by atoms with Crippen molar-refractivity contribution in [1.29, 1.82) is 0 Å². The number of hydrogen-bond acceptors (Lipinski definition) is 6. The molecule has 2 aromatic heterocycles. The van der Waals surface area contributed by atoms with Gasteiger partial charge in [-0.1, -0.05) is 0 Å². The minimum absolute atomic E-state index is 0.255. The third-order valence-corrected chi connectivity index (χ3v) is 5.17. The molecule has 1 saturated heterocycles. The molecule has 0 N–H and O–H groups in total. The van der Waals surface area contributed by atoms with E-state index in [1.54, 1.807) is 0 Å². The molecule has 29 heavy (non-hydrogen) atoms. The minimum Gasteiger partial charge on any atom is -0.348 e. The molecule has 0 unspecified atom stereocenters. The van der Waals surface area contributed by atoms with Crippen molar-refractivity contribution in [3.8, 4) is 11.4 Å². The predicted octanol–water partition coefficient (Wildman–Crippen LogP) is 3.87. The zero-order valence-electron chi connectivity index (χ0n) is 15.0. The number of nitro groups is 1. The van der Waals surface area contributed by atoms with E-state index < -0.39 is 45.5 Å². The Labute approximate surface area is 161 Å². The maximum absolute atomic E-state index is 14.2. The van der Waals surface area contributed by atoms with E-state index in [1.165, 1.54) is 4.68 Å². The van der Waals surface area contributed by atoms with Crippen molar-refractivity contribution in [3.05, 3.63) is 40.0 Å². The second kappa shape index (κ2) is 7.02. The van der Waals surface area contributed by atoms with Gasteiger partial charge in [0.1, 0.15) is 17.6 Å². The average Bonchev–Trinajstić information content (AvgIpc) is 3.30. The first-order valence-corrected chi connectivity index (χ1v) is 8.94. The summed E-state index contributed by atoms with van der Waals surface area (Å²) in [6.45, 7) is 1.01. The molecule has 0 atom stereocenters. The predicted molar refractivity (Wildman–Crippen MR) is 89.2 cm³/mol. The van der Waals surface area contributed by atoms with Crippen LogP contribution >= 0.6 is 0 Å². The summed E-state index contributed by atoms with van der Waals surface area (Å²) in [5.41, 5.74) is -3.30.